The first kappa shape index (κ1) is 16.1. The lowest BCUT2D eigenvalue weighted by molar-refractivity contribution is -0.253. The highest BCUT2D eigenvalue weighted by Crippen LogP contribution is 2.20. The first-order valence-corrected chi connectivity index (χ1v) is 5.95. The van der Waals surface area contributed by atoms with Crippen molar-refractivity contribution in [2.75, 3.05) is 6.61 Å². The smallest absolute Gasteiger partial charge is 0.408 e. The molecule has 1 fully saturated rings. The third-order valence-corrected chi connectivity index (χ3v) is 2.58. The number of aliphatic hydroxyl groups excluding tert-OH is 4. The summed E-state index contributed by atoms with van der Waals surface area (Å²) >= 11 is 0. The van der Waals surface area contributed by atoms with Crippen LogP contribution < -0.4 is 5.32 Å². The quantitative estimate of drug-likeness (QED) is 0.408. The molecule has 1 heterocycles. The van der Waals surface area contributed by atoms with Crippen LogP contribution in [-0.2, 0) is 9.47 Å². The average molecular weight is 279 g/mol. The fourth-order valence-electron chi connectivity index (χ4n) is 1.70. The van der Waals surface area contributed by atoms with Gasteiger partial charge in [-0.15, -0.1) is 0 Å². The Kier molecular flexibility index (Phi) is 5.11. The number of ether oxygens (including phenoxy) is 2. The summed E-state index contributed by atoms with van der Waals surface area (Å²) in [6, 6.07) is -1.24. The highest BCUT2D eigenvalue weighted by Gasteiger charge is 2.44. The first-order chi connectivity index (χ1) is 8.65. The Morgan fingerprint density at radius 2 is 1.84 bits per heavy atom. The Balaban J connectivity index is 2.65. The van der Waals surface area contributed by atoms with Gasteiger partial charge in [-0.1, -0.05) is 0 Å². The van der Waals surface area contributed by atoms with Crippen LogP contribution in [0, 0.1) is 0 Å². The predicted octanol–water partition coefficient (Wildman–Crippen LogP) is -1.69. The normalized spacial score (nSPS) is 35.8. The molecule has 0 bridgehead atoms. The highest BCUT2D eigenvalue weighted by atomic mass is 16.6. The standard InChI is InChI=1S/C11H21NO7/c1-11(2,3)19-10(17)12-6-8(15)7(14)5(4-13)18-9(6)16/h5-9,13-16H,4H2,1-3H3,(H,12,17)/t5?,6?,7-,8+,9-/m1/s1. The molecule has 19 heavy (non-hydrogen) atoms. The molecule has 8 heteroatoms. The van der Waals surface area contributed by atoms with Crippen LogP contribution in [0.3, 0.4) is 0 Å². The minimum Gasteiger partial charge on any atom is -0.444 e. The summed E-state index contributed by atoms with van der Waals surface area (Å²) in [5.74, 6) is 0. The van der Waals surface area contributed by atoms with Crippen molar-refractivity contribution in [2.24, 2.45) is 0 Å². The van der Waals surface area contributed by atoms with E-state index in [4.69, 9.17) is 14.6 Å². The van der Waals surface area contributed by atoms with Crippen LogP contribution in [0.1, 0.15) is 20.8 Å². The second kappa shape index (κ2) is 6.02. The number of carbonyl (C=O) groups excluding carboxylic acids is 1. The highest BCUT2D eigenvalue weighted by molar-refractivity contribution is 5.68. The Bertz CT molecular complexity index is 317. The lowest BCUT2D eigenvalue weighted by Crippen LogP contribution is -2.64. The van der Waals surface area contributed by atoms with Gasteiger partial charge in [0.15, 0.2) is 6.29 Å². The summed E-state index contributed by atoms with van der Waals surface area (Å²) in [4.78, 5) is 11.5. The fourth-order valence-corrected chi connectivity index (χ4v) is 1.70. The first-order valence-electron chi connectivity index (χ1n) is 5.95. The minimum absolute atomic E-state index is 0.561. The summed E-state index contributed by atoms with van der Waals surface area (Å²) < 4.78 is 9.85. The van der Waals surface area contributed by atoms with Crippen LogP contribution in [0.4, 0.5) is 4.79 Å². The molecule has 0 spiro atoms. The fraction of sp³-hybridized carbons (Fsp3) is 0.909. The van der Waals surface area contributed by atoms with Gasteiger partial charge in [0.25, 0.3) is 0 Å². The second-order valence-corrected chi connectivity index (χ2v) is 5.40. The average Bonchev–Trinajstić information content (AvgIpc) is 2.27. The van der Waals surface area contributed by atoms with Crippen molar-refractivity contribution in [2.45, 2.75) is 57.0 Å². The van der Waals surface area contributed by atoms with Crippen LogP contribution in [0.15, 0.2) is 0 Å². The number of carbonyl (C=O) groups is 1. The summed E-state index contributed by atoms with van der Waals surface area (Å²) in [7, 11) is 0. The van der Waals surface area contributed by atoms with Gasteiger partial charge in [-0.2, -0.15) is 0 Å². The summed E-state index contributed by atoms with van der Waals surface area (Å²) in [6.45, 7) is 4.42. The number of nitrogens with one attached hydrogen (secondary N) is 1. The van der Waals surface area contributed by atoms with E-state index in [9.17, 15) is 20.1 Å². The lowest BCUT2D eigenvalue weighted by Gasteiger charge is -2.40. The van der Waals surface area contributed by atoms with E-state index in [0.717, 1.165) is 0 Å². The SMILES string of the molecule is CC(C)(C)OC(=O)NC1[C@H](O)OC(CO)[C@@H](O)[C@H]1O. The molecular formula is C11H21NO7. The molecule has 0 aromatic heterocycles. The Labute approximate surface area is 110 Å². The van der Waals surface area contributed by atoms with Crippen LogP contribution >= 0.6 is 0 Å². The van der Waals surface area contributed by atoms with Crippen molar-refractivity contribution >= 4 is 6.09 Å². The Hall–Kier alpha value is -0.930. The van der Waals surface area contributed by atoms with Gasteiger partial charge in [0.2, 0.25) is 0 Å². The van der Waals surface area contributed by atoms with Gasteiger partial charge in [-0.25, -0.2) is 4.79 Å². The van der Waals surface area contributed by atoms with Crippen LogP contribution in [0.25, 0.3) is 0 Å². The number of alkyl carbamates (subject to hydrolysis) is 1. The largest absolute Gasteiger partial charge is 0.444 e. The van der Waals surface area contributed by atoms with E-state index >= 15 is 0 Å². The molecule has 5 N–H and O–H groups in total. The molecule has 1 saturated heterocycles. The molecule has 0 aliphatic carbocycles. The molecular weight excluding hydrogens is 258 g/mol. The van der Waals surface area contributed by atoms with Crippen molar-refractivity contribution in [3.05, 3.63) is 0 Å². The maximum absolute atomic E-state index is 11.5. The molecule has 0 aromatic carbocycles. The van der Waals surface area contributed by atoms with Crippen LogP contribution in [0.2, 0.25) is 0 Å². The molecule has 112 valence electrons. The third-order valence-electron chi connectivity index (χ3n) is 2.58. The summed E-state index contributed by atoms with van der Waals surface area (Å²) in [5.41, 5.74) is -0.734. The molecule has 8 nitrogen and oxygen atoms in total. The monoisotopic (exact) mass is 279 g/mol. The van der Waals surface area contributed by atoms with Gasteiger partial charge in [0, 0.05) is 0 Å². The van der Waals surface area contributed by atoms with Crippen molar-refractivity contribution in [3.8, 4) is 0 Å². The van der Waals surface area contributed by atoms with Gasteiger partial charge >= 0.3 is 6.09 Å². The van der Waals surface area contributed by atoms with E-state index in [0.29, 0.717) is 0 Å². The molecule has 2 unspecified atom stereocenters. The van der Waals surface area contributed by atoms with E-state index in [1.165, 1.54) is 0 Å². The zero-order valence-electron chi connectivity index (χ0n) is 11.1. The number of rotatable bonds is 2. The lowest BCUT2D eigenvalue weighted by atomic mass is 9.97. The maximum atomic E-state index is 11.5. The summed E-state index contributed by atoms with van der Waals surface area (Å²) in [5, 5.41) is 40.2. The molecule has 1 aliphatic rings. The minimum atomic E-state index is -1.55. The van der Waals surface area contributed by atoms with Crippen LogP contribution in [-0.4, -0.2) is 69.4 Å². The van der Waals surface area contributed by atoms with Crippen LogP contribution in [0.5, 0.6) is 0 Å². The molecule has 1 rings (SSSR count). The van der Waals surface area contributed by atoms with E-state index in [1.807, 2.05) is 0 Å². The number of aliphatic hydroxyl groups is 4. The van der Waals surface area contributed by atoms with Crippen molar-refractivity contribution in [1.82, 2.24) is 5.32 Å². The van der Waals surface area contributed by atoms with Gasteiger partial charge in [-0.3, -0.25) is 0 Å². The van der Waals surface area contributed by atoms with E-state index < -0.39 is 48.9 Å². The predicted molar refractivity (Wildman–Crippen MR) is 63.1 cm³/mol. The van der Waals surface area contributed by atoms with E-state index in [-0.39, 0.29) is 0 Å². The molecule has 0 aromatic rings. The zero-order valence-corrected chi connectivity index (χ0v) is 11.1. The number of amides is 1. The summed E-state index contributed by atoms with van der Waals surface area (Å²) in [6.07, 6.45) is -6.42. The third kappa shape index (κ3) is 4.29. The van der Waals surface area contributed by atoms with Crippen molar-refractivity contribution in [1.29, 1.82) is 0 Å². The van der Waals surface area contributed by atoms with Gasteiger partial charge < -0.3 is 35.2 Å². The Morgan fingerprint density at radius 3 is 2.32 bits per heavy atom. The maximum Gasteiger partial charge on any atom is 0.408 e. The Morgan fingerprint density at radius 1 is 1.26 bits per heavy atom. The van der Waals surface area contributed by atoms with E-state index in [2.05, 4.69) is 5.32 Å². The van der Waals surface area contributed by atoms with Gasteiger partial charge in [-0.05, 0) is 20.8 Å². The number of hydrogen-bond donors (Lipinski definition) is 5. The van der Waals surface area contributed by atoms with Gasteiger partial charge in [0.1, 0.15) is 30.0 Å². The molecule has 0 radical (unpaired) electrons. The van der Waals surface area contributed by atoms with E-state index in [1.54, 1.807) is 20.8 Å². The van der Waals surface area contributed by atoms with Gasteiger partial charge in [0.05, 0.1) is 6.61 Å². The molecule has 1 aliphatic heterocycles. The molecule has 1 amide bonds. The van der Waals surface area contributed by atoms with Crippen molar-refractivity contribution < 1.29 is 34.7 Å². The second-order valence-electron chi connectivity index (χ2n) is 5.40. The van der Waals surface area contributed by atoms with Crippen molar-refractivity contribution in [3.63, 3.8) is 0 Å². The topological polar surface area (TPSA) is 128 Å². The molecule has 0 saturated carbocycles. The zero-order chi connectivity index (χ0) is 14.8. The number of hydrogen-bond acceptors (Lipinski definition) is 7. The molecule has 5 atom stereocenters.